The van der Waals surface area contributed by atoms with Crippen LogP contribution in [0.25, 0.3) is 0 Å². The quantitative estimate of drug-likeness (QED) is 0.760. The molecule has 1 aliphatic rings. The van der Waals surface area contributed by atoms with Gasteiger partial charge in [-0.25, -0.2) is 4.98 Å². The smallest absolute Gasteiger partial charge is 0.129 e. The Labute approximate surface area is 129 Å². The van der Waals surface area contributed by atoms with Crippen LogP contribution in [0.1, 0.15) is 42.3 Å². The Morgan fingerprint density at radius 3 is 2.75 bits per heavy atom. The Morgan fingerprint density at radius 1 is 1.30 bits per heavy atom. The van der Waals surface area contributed by atoms with Crippen LogP contribution in [-0.2, 0) is 0 Å². The summed E-state index contributed by atoms with van der Waals surface area (Å²) in [5, 5.41) is 6.42. The minimum Gasteiger partial charge on any atom is -0.376 e. The number of hydrogen-bond acceptors (Lipinski definition) is 3. The van der Waals surface area contributed by atoms with E-state index in [0.29, 0.717) is 11.2 Å². The number of anilines is 1. The second-order valence-corrected chi connectivity index (χ2v) is 6.82. The average Bonchev–Trinajstić information content (AvgIpc) is 3.11. The fraction of sp³-hybridized carbons (Fsp3) is 0.438. The lowest BCUT2D eigenvalue weighted by atomic mass is 9.96. The Balaban J connectivity index is 1.86. The summed E-state index contributed by atoms with van der Waals surface area (Å²) in [6.07, 6.45) is 5.34. The Kier molecular flexibility index (Phi) is 4.27. The van der Waals surface area contributed by atoms with Gasteiger partial charge in [-0.15, -0.1) is 11.3 Å². The van der Waals surface area contributed by atoms with Crippen molar-refractivity contribution in [1.29, 1.82) is 0 Å². The number of nitrogens with zero attached hydrogens (tertiary/aromatic N) is 1. The van der Waals surface area contributed by atoms with Crippen LogP contribution in [0.4, 0.5) is 5.69 Å². The molecular formula is C16H19ClN2S. The zero-order valence-corrected chi connectivity index (χ0v) is 13.2. The van der Waals surface area contributed by atoms with Gasteiger partial charge < -0.3 is 5.32 Å². The van der Waals surface area contributed by atoms with Crippen molar-refractivity contribution in [2.24, 2.45) is 5.92 Å². The summed E-state index contributed by atoms with van der Waals surface area (Å²) in [4.78, 5) is 5.76. The molecule has 0 spiro atoms. The van der Waals surface area contributed by atoms with E-state index in [1.807, 2.05) is 30.4 Å². The van der Waals surface area contributed by atoms with E-state index in [1.54, 1.807) is 0 Å². The molecule has 1 saturated carbocycles. The maximum absolute atomic E-state index is 5.94. The molecule has 2 heterocycles. The molecule has 0 saturated heterocycles. The first-order valence-electron chi connectivity index (χ1n) is 7.17. The second kappa shape index (κ2) is 6.15. The first kappa shape index (κ1) is 13.9. The largest absolute Gasteiger partial charge is 0.376 e. The van der Waals surface area contributed by atoms with Gasteiger partial charge in [0.15, 0.2) is 0 Å². The van der Waals surface area contributed by atoms with Crippen LogP contribution in [-0.4, -0.2) is 4.98 Å². The zero-order valence-electron chi connectivity index (χ0n) is 11.6. The van der Waals surface area contributed by atoms with E-state index < -0.39 is 0 Å². The third-order valence-corrected chi connectivity index (χ3v) is 5.25. The molecule has 0 radical (unpaired) electrons. The molecule has 106 valence electrons. The van der Waals surface area contributed by atoms with Crippen molar-refractivity contribution < 1.29 is 0 Å². The number of aromatic nitrogens is 1. The standard InChI is InChI=1S/C16H19ClN2S/c1-11-13(8-9-15(17)18-11)19-16(12-5-2-3-6-12)14-7-4-10-20-14/h4,7-10,12,16,19H,2-3,5-6H2,1H3. The van der Waals surface area contributed by atoms with Gasteiger partial charge in [0.2, 0.25) is 0 Å². The Hall–Kier alpha value is -1.06. The fourth-order valence-corrected chi connectivity index (χ4v) is 4.09. The van der Waals surface area contributed by atoms with Crippen molar-refractivity contribution in [2.75, 3.05) is 5.32 Å². The van der Waals surface area contributed by atoms with Gasteiger partial charge in [-0.05, 0) is 49.3 Å². The fourth-order valence-electron chi connectivity index (χ4n) is 3.03. The predicted octanol–water partition coefficient (Wildman–Crippen LogP) is 5.45. The first-order valence-corrected chi connectivity index (χ1v) is 8.43. The zero-order chi connectivity index (χ0) is 13.9. The van der Waals surface area contributed by atoms with Crippen molar-refractivity contribution >= 4 is 28.6 Å². The lowest BCUT2D eigenvalue weighted by Crippen LogP contribution is -2.18. The molecular weight excluding hydrogens is 288 g/mol. The highest BCUT2D eigenvalue weighted by Crippen LogP contribution is 2.39. The third-order valence-electron chi connectivity index (χ3n) is 4.08. The minimum atomic E-state index is 0.402. The molecule has 1 aliphatic carbocycles. The molecule has 2 aromatic heterocycles. The van der Waals surface area contributed by atoms with Crippen molar-refractivity contribution in [3.05, 3.63) is 45.4 Å². The molecule has 4 heteroatoms. The van der Waals surface area contributed by atoms with Crippen LogP contribution >= 0.6 is 22.9 Å². The molecule has 1 unspecified atom stereocenters. The molecule has 3 rings (SSSR count). The van der Waals surface area contributed by atoms with E-state index in [2.05, 4.69) is 27.8 Å². The average molecular weight is 307 g/mol. The number of nitrogens with one attached hydrogen (secondary N) is 1. The molecule has 2 nitrogen and oxygen atoms in total. The van der Waals surface area contributed by atoms with Crippen LogP contribution in [0.3, 0.4) is 0 Å². The second-order valence-electron chi connectivity index (χ2n) is 5.45. The maximum atomic E-state index is 5.94. The van der Waals surface area contributed by atoms with Crippen molar-refractivity contribution in [2.45, 2.75) is 38.6 Å². The summed E-state index contributed by atoms with van der Waals surface area (Å²) >= 11 is 7.78. The van der Waals surface area contributed by atoms with Gasteiger partial charge in [-0.2, -0.15) is 0 Å². The van der Waals surface area contributed by atoms with Crippen molar-refractivity contribution in [3.8, 4) is 0 Å². The monoisotopic (exact) mass is 306 g/mol. The molecule has 1 N–H and O–H groups in total. The van der Waals surface area contributed by atoms with Crippen LogP contribution in [0, 0.1) is 12.8 Å². The van der Waals surface area contributed by atoms with Gasteiger partial charge in [0.1, 0.15) is 5.15 Å². The van der Waals surface area contributed by atoms with Crippen molar-refractivity contribution in [3.63, 3.8) is 0 Å². The number of rotatable bonds is 4. The lowest BCUT2D eigenvalue weighted by molar-refractivity contribution is 0.475. The summed E-state index contributed by atoms with van der Waals surface area (Å²) in [7, 11) is 0. The van der Waals surface area contributed by atoms with Gasteiger partial charge in [0.25, 0.3) is 0 Å². The highest BCUT2D eigenvalue weighted by atomic mass is 35.5. The predicted molar refractivity (Wildman–Crippen MR) is 86.6 cm³/mol. The number of aryl methyl sites for hydroxylation is 1. The summed E-state index contributed by atoms with van der Waals surface area (Å²) in [6, 6.07) is 8.67. The van der Waals surface area contributed by atoms with Gasteiger partial charge in [-0.3, -0.25) is 0 Å². The van der Waals surface area contributed by atoms with Gasteiger partial charge in [0, 0.05) is 4.88 Å². The highest BCUT2D eigenvalue weighted by molar-refractivity contribution is 7.10. The van der Waals surface area contributed by atoms with E-state index in [-0.39, 0.29) is 0 Å². The van der Waals surface area contributed by atoms with E-state index >= 15 is 0 Å². The lowest BCUT2D eigenvalue weighted by Gasteiger charge is -2.25. The highest BCUT2D eigenvalue weighted by Gasteiger charge is 2.27. The van der Waals surface area contributed by atoms with Gasteiger partial charge >= 0.3 is 0 Å². The first-order chi connectivity index (χ1) is 9.74. The van der Waals surface area contributed by atoms with Gasteiger partial charge in [0.05, 0.1) is 17.4 Å². The van der Waals surface area contributed by atoms with Crippen molar-refractivity contribution in [1.82, 2.24) is 4.98 Å². The number of pyridine rings is 1. The molecule has 0 bridgehead atoms. The van der Waals surface area contributed by atoms with Crippen LogP contribution in [0.2, 0.25) is 5.15 Å². The molecule has 0 aromatic carbocycles. The van der Waals surface area contributed by atoms with E-state index in [4.69, 9.17) is 11.6 Å². The molecule has 2 aromatic rings. The topological polar surface area (TPSA) is 24.9 Å². The van der Waals surface area contributed by atoms with Crippen LogP contribution in [0.15, 0.2) is 29.6 Å². The molecule has 1 atom stereocenters. The van der Waals surface area contributed by atoms with Crippen LogP contribution < -0.4 is 5.32 Å². The molecule has 20 heavy (non-hydrogen) atoms. The molecule has 0 amide bonds. The number of thiophene rings is 1. The van der Waals surface area contributed by atoms with Gasteiger partial charge in [-0.1, -0.05) is 30.5 Å². The summed E-state index contributed by atoms with van der Waals surface area (Å²) < 4.78 is 0. The third kappa shape index (κ3) is 2.99. The Morgan fingerprint density at radius 2 is 2.10 bits per heavy atom. The summed E-state index contributed by atoms with van der Waals surface area (Å²) in [6.45, 7) is 2.01. The summed E-state index contributed by atoms with van der Waals surface area (Å²) in [5.74, 6) is 0.726. The normalized spacial score (nSPS) is 17.3. The Bertz CT molecular complexity index is 562. The van der Waals surface area contributed by atoms with E-state index in [1.165, 1.54) is 30.6 Å². The SMILES string of the molecule is Cc1nc(Cl)ccc1NC(c1cccs1)C1CCCC1. The van der Waals surface area contributed by atoms with E-state index in [0.717, 1.165) is 17.3 Å². The molecule has 1 fully saturated rings. The van der Waals surface area contributed by atoms with E-state index in [9.17, 15) is 0 Å². The summed E-state index contributed by atoms with van der Waals surface area (Å²) in [5.41, 5.74) is 2.07. The maximum Gasteiger partial charge on any atom is 0.129 e. The number of halogens is 1. The van der Waals surface area contributed by atoms with Crippen LogP contribution in [0.5, 0.6) is 0 Å². The molecule has 0 aliphatic heterocycles. The minimum absolute atomic E-state index is 0.402. The number of hydrogen-bond donors (Lipinski definition) is 1.